The van der Waals surface area contributed by atoms with E-state index in [4.69, 9.17) is 0 Å². The number of rotatable bonds is 6. The van der Waals surface area contributed by atoms with Gasteiger partial charge >= 0.3 is 0 Å². The van der Waals surface area contributed by atoms with Crippen molar-refractivity contribution < 1.29 is 0 Å². The normalized spacial score (nSPS) is 11.2. The summed E-state index contributed by atoms with van der Waals surface area (Å²) in [5.41, 5.74) is 9.56. The highest BCUT2D eigenvalue weighted by Gasteiger charge is 2.16. The topological polar surface area (TPSA) is 49.8 Å². The van der Waals surface area contributed by atoms with E-state index in [1.807, 2.05) is 48.8 Å². The van der Waals surface area contributed by atoms with Crippen LogP contribution in [-0.2, 0) is 5.41 Å². The maximum atomic E-state index is 4.44. The third-order valence-electron chi connectivity index (χ3n) is 6.07. The second-order valence-corrected chi connectivity index (χ2v) is 9.88. The molecule has 0 radical (unpaired) electrons. The van der Waals surface area contributed by atoms with Crippen LogP contribution in [0.25, 0.3) is 22.5 Å². The van der Waals surface area contributed by atoms with Crippen molar-refractivity contribution >= 4 is 22.7 Å². The second kappa shape index (κ2) is 10.0. The summed E-state index contributed by atoms with van der Waals surface area (Å²) in [5, 5.41) is 7.17. The van der Waals surface area contributed by atoms with Crippen molar-refractivity contribution in [1.29, 1.82) is 0 Å². The first kappa shape index (κ1) is 23.3. The Balaban J connectivity index is 1.38. The molecule has 2 heterocycles. The number of aromatic nitrogens is 2. The Labute approximate surface area is 213 Å². The highest BCUT2D eigenvalue weighted by Crippen LogP contribution is 2.32. The molecule has 0 unspecified atom stereocenters. The Morgan fingerprint density at radius 1 is 0.500 bits per heavy atom. The van der Waals surface area contributed by atoms with E-state index in [1.165, 1.54) is 5.56 Å². The van der Waals surface area contributed by atoms with Crippen molar-refractivity contribution in [2.75, 3.05) is 10.6 Å². The van der Waals surface area contributed by atoms with Crippen LogP contribution in [0.3, 0.4) is 0 Å². The Morgan fingerprint density at radius 2 is 0.944 bits per heavy atom. The van der Waals surface area contributed by atoms with Crippen molar-refractivity contribution in [3.63, 3.8) is 0 Å². The van der Waals surface area contributed by atoms with E-state index in [9.17, 15) is 0 Å². The van der Waals surface area contributed by atoms with Crippen LogP contribution in [-0.4, -0.2) is 9.97 Å². The zero-order valence-electron chi connectivity index (χ0n) is 20.9. The summed E-state index contributed by atoms with van der Waals surface area (Å²) >= 11 is 0. The first-order valence-electron chi connectivity index (χ1n) is 12.2. The van der Waals surface area contributed by atoms with Crippen LogP contribution in [0.15, 0.2) is 116 Å². The molecule has 0 spiro atoms. The molecule has 2 aromatic heterocycles. The molecule has 0 fully saturated rings. The van der Waals surface area contributed by atoms with Crippen LogP contribution in [0.5, 0.6) is 0 Å². The number of nitrogens with one attached hydrogen (secondary N) is 2. The third kappa shape index (κ3) is 5.61. The van der Waals surface area contributed by atoms with E-state index in [-0.39, 0.29) is 5.41 Å². The van der Waals surface area contributed by atoms with Gasteiger partial charge in [0.2, 0.25) is 0 Å². The van der Waals surface area contributed by atoms with Gasteiger partial charge in [-0.05, 0) is 77.7 Å². The number of anilines is 4. The van der Waals surface area contributed by atoms with Gasteiger partial charge in [-0.1, -0.05) is 57.2 Å². The number of nitrogens with zero attached hydrogens (tertiary/aromatic N) is 2. The SMILES string of the molecule is CC(C)(C)c1cc(Nc2ccc(-c3ccccn3)cc2)cc(Nc2ccc(-c3ccccn3)cc2)c1. The number of benzene rings is 3. The minimum Gasteiger partial charge on any atom is -0.355 e. The molecule has 5 rings (SSSR count). The molecule has 0 saturated carbocycles. The average molecular weight is 471 g/mol. The summed E-state index contributed by atoms with van der Waals surface area (Å²) in [6.07, 6.45) is 3.64. The van der Waals surface area contributed by atoms with Crippen LogP contribution in [0.4, 0.5) is 22.7 Å². The maximum Gasteiger partial charge on any atom is 0.0701 e. The first-order valence-corrected chi connectivity index (χ1v) is 12.2. The van der Waals surface area contributed by atoms with Gasteiger partial charge in [0, 0.05) is 46.3 Å². The van der Waals surface area contributed by atoms with Crippen LogP contribution in [0.1, 0.15) is 26.3 Å². The fourth-order valence-electron chi connectivity index (χ4n) is 4.05. The molecule has 5 aromatic rings. The summed E-state index contributed by atoms with van der Waals surface area (Å²) in [6.45, 7) is 6.71. The minimum absolute atomic E-state index is 0.0137. The van der Waals surface area contributed by atoms with E-state index in [2.05, 4.69) is 108 Å². The third-order valence-corrected chi connectivity index (χ3v) is 6.07. The molecular formula is C32H30N4. The lowest BCUT2D eigenvalue weighted by Gasteiger charge is -2.22. The molecule has 0 atom stereocenters. The van der Waals surface area contributed by atoms with Crippen molar-refractivity contribution in [3.05, 3.63) is 121 Å². The largest absolute Gasteiger partial charge is 0.355 e. The number of hydrogen-bond donors (Lipinski definition) is 2. The van der Waals surface area contributed by atoms with Crippen LogP contribution in [0.2, 0.25) is 0 Å². The van der Waals surface area contributed by atoms with Gasteiger partial charge in [0.15, 0.2) is 0 Å². The number of pyridine rings is 2. The van der Waals surface area contributed by atoms with Gasteiger partial charge in [-0.15, -0.1) is 0 Å². The zero-order chi connectivity index (χ0) is 25.0. The molecule has 4 heteroatoms. The van der Waals surface area contributed by atoms with E-state index < -0.39 is 0 Å². The fourth-order valence-corrected chi connectivity index (χ4v) is 4.05. The maximum absolute atomic E-state index is 4.44. The van der Waals surface area contributed by atoms with Crippen molar-refractivity contribution in [2.24, 2.45) is 0 Å². The molecule has 0 amide bonds. The van der Waals surface area contributed by atoms with E-state index >= 15 is 0 Å². The highest BCUT2D eigenvalue weighted by molar-refractivity contribution is 5.72. The van der Waals surface area contributed by atoms with Gasteiger partial charge in [0.25, 0.3) is 0 Å². The monoisotopic (exact) mass is 470 g/mol. The molecule has 36 heavy (non-hydrogen) atoms. The van der Waals surface area contributed by atoms with Crippen molar-refractivity contribution in [3.8, 4) is 22.5 Å². The summed E-state index contributed by atoms with van der Waals surface area (Å²) in [6, 6.07) is 35.3. The van der Waals surface area contributed by atoms with Gasteiger partial charge in [0.05, 0.1) is 11.4 Å². The van der Waals surface area contributed by atoms with Gasteiger partial charge in [0.1, 0.15) is 0 Å². The molecule has 2 N–H and O–H groups in total. The van der Waals surface area contributed by atoms with Crippen LogP contribution in [0, 0.1) is 0 Å². The zero-order valence-corrected chi connectivity index (χ0v) is 20.9. The minimum atomic E-state index is 0.0137. The first-order chi connectivity index (χ1) is 17.4. The predicted molar refractivity (Wildman–Crippen MR) is 151 cm³/mol. The number of hydrogen-bond acceptors (Lipinski definition) is 4. The summed E-state index contributed by atoms with van der Waals surface area (Å²) in [4.78, 5) is 8.89. The molecule has 4 nitrogen and oxygen atoms in total. The lowest BCUT2D eigenvalue weighted by atomic mass is 9.86. The molecule has 0 aliphatic heterocycles. The van der Waals surface area contributed by atoms with Gasteiger partial charge in [-0.3, -0.25) is 9.97 Å². The van der Waals surface area contributed by atoms with Gasteiger partial charge in [-0.2, -0.15) is 0 Å². The Morgan fingerprint density at radius 3 is 1.31 bits per heavy atom. The van der Waals surface area contributed by atoms with Gasteiger partial charge in [-0.25, -0.2) is 0 Å². The second-order valence-electron chi connectivity index (χ2n) is 9.88. The lowest BCUT2D eigenvalue weighted by Crippen LogP contribution is -2.12. The van der Waals surface area contributed by atoms with E-state index in [0.717, 1.165) is 45.3 Å². The molecular weight excluding hydrogens is 440 g/mol. The Bertz CT molecular complexity index is 1320. The van der Waals surface area contributed by atoms with Crippen LogP contribution >= 0.6 is 0 Å². The van der Waals surface area contributed by atoms with Gasteiger partial charge < -0.3 is 10.6 Å². The summed E-state index contributed by atoms with van der Waals surface area (Å²) in [7, 11) is 0. The lowest BCUT2D eigenvalue weighted by molar-refractivity contribution is 0.591. The molecule has 178 valence electrons. The highest BCUT2D eigenvalue weighted by atomic mass is 14.9. The molecule has 0 aliphatic rings. The Kier molecular flexibility index (Phi) is 6.50. The Hall–Kier alpha value is -4.44. The standard InChI is InChI=1S/C32H30N4/c1-32(2,3)25-20-28(35-26-14-10-23(11-15-26)30-8-4-6-18-33-30)22-29(21-25)36-27-16-12-24(13-17-27)31-9-5-7-19-34-31/h4-22,35-36H,1-3H3. The van der Waals surface area contributed by atoms with E-state index in [0.29, 0.717) is 0 Å². The average Bonchev–Trinajstić information content (AvgIpc) is 2.90. The van der Waals surface area contributed by atoms with Crippen molar-refractivity contribution in [2.45, 2.75) is 26.2 Å². The van der Waals surface area contributed by atoms with Crippen molar-refractivity contribution in [1.82, 2.24) is 9.97 Å². The molecule has 3 aromatic carbocycles. The fraction of sp³-hybridized carbons (Fsp3) is 0.125. The van der Waals surface area contributed by atoms with E-state index in [1.54, 1.807) is 0 Å². The predicted octanol–water partition coefficient (Wildman–Crippen LogP) is 8.60. The summed E-state index contributed by atoms with van der Waals surface area (Å²) < 4.78 is 0. The molecule has 0 bridgehead atoms. The molecule has 0 aliphatic carbocycles. The quantitative estimate of drug-likeness (QED) is 0.261. The molecule has 0 saturated heterocycles. The summed E-state index contributed by atoms with van der Waals surface area (Å²) in [5.74, 6) is 0. The smallest absolute Gasteiger partial charge is 0.0701 e. The van der Waals surface area contributed by atoms with Crippen LogP contribution < -0.4 is 10.6 Å².